The maximum absolute atomic E-state index is 11.0. The molecule has 246 valence electrons. The topological polar surface area (TPSA) is 50.9 Å². The van der Waals surface area contributed by atoms with E-state index in [0.717, 1.165) is 50.0 Å². The second-order valence-corrected chi connectivity index (χ2v) is 15.3. The second kappa shape index (κ2) is 12.0. The van der Waals surface area contributed by atoms with Crippen molar-refractivity contribution in [2.45, 2.75) is 71.6 Å². The fourth-order valence-electron chi connectivity index (χ4n) is 6.59. The molecule has 0 radical (unpaired) electrons. The van der Waals surface area contributed by atoms with Gasteiger partial charge in [-0.15, -0.1) is 10.9 Å². The van der Waals surface area contributed by atoms with Gasteiger partial charge in [0.25, 0.3) is 0 Å². The van der Waals surface area contributed by atoms with E-state index in [-0.39, 0.29) is 37.6 Å². The smallest absolute Gasteiger partial charge is 0.141 e. The molecule has 0 spiro atoms. The summed E-state index contributed by atoms with van der Waals surface area (Å²) < 4.78 is 2.23. The number of hydrogen-bond donors (Lipinski definition) is 1. The number of nitrogens with zero attached hydrogens (tertiary/aromatic N) is 3. The van der Waals surface area contributed by atoms with Gasteiger partial charge in [-0.25, -0.2) is 9.97 Å². The zero-order valence-electron chi connectivity index (χ0n) is 28.9. The van der Waals surface area contributed by atoms with Crippen LogP contribution in [0.4, 0.5) is 0 Å². The summed E-state index contributed by atoms with van der Waals surface area (Å²) in [7, 11) is 0. The molecule has 0 unspecified atom stereocenters. The van der Waals surface area contributed by atoms with Crippen molar-refractivity contribution in [2.75, 3.05) is 0 Å². The molecule has 0 atom stereocenters. The van der Waals surface area contributed by atoms with Gasteiger partial charge in [0.1, 0.15) is 17.1 Å². The third kappa shape index (κ3) is 5.75. The van der Waals surface area contributed by atoms with Crippen LogP contribution in [0.5, 0.6) is 5.75 Å². The minimum Gasteiger partial charge on any atom is -0.506 e. The number of hydrogen-bond acceptors (Lipinski definition) is 3. The summed E-state index contributed by atoms with van der Waals surface area (Å²) >= 11 is 0. The minimum atomic E-state index is -0.499. The van der Waals surface area contributed by atoms with Crippen LogP contribution in [0.1, 0.15) is 77.8 Å². The van der Waals surface area contributed by atoms with E-state index in [0.29, 0.717) is 5.52 Å². The van der Waals surface area contributed by atoms with Crippen molar-refractivity contribution in [2.24, 2.45) is 0 Å². The molecule has 48 heavy (non-hydrogen) atoms. The SMILES string of the molecule is CC(C)(C)c1ccc(-c2ccc(O)c3nc(C(C)(C)c4[c-]c5c(cc4)c4ccccc4n5-c4cc(C(C)(C)C)ccn4)ccc23)cc1.[Pt]. The Bertz CT molecular complexity index is 2300. The molecule has 5 heteroatoms. The largest absolute Gasteiger partial charge is 0.506 e. The van der Waals surface area contributed by atoms with E-state index in [1.165, 1.54) is 16.5 Å². The van der Waals surface area contributed by atoms with Crippen LogP contribution in [-0.2, 0) is 37.3 Å². The van der Waals surface area contributed by atoms with Gasteiger partial charge in [0.05, 0.1) is 0 Å². The van der Waals surface area contributed by atoms with E-state index in [1.807, 2.05) is 12.3 Å². The Morgan fingerprint density at radius 1 is 0.667 bits per heavy atom. The van der Waals surface area contributed by atoms with Gasteiger partial charge in [-0.2, -0.15) is 18.2 Å². The molecule has 0 bridgehead atoms. The molecular weight excluding hydrogens is 770 g/mol. The van der Waals surface area contributed by atoms with Crippen molar-refractivity contribution in [1.29, 1.82) is 0 Å². The van der Waals surface area contributed by atoms with Crippen molar-refractivity contribution in [3.05, 3.63) is 132 Å². The quantitative estimate of drug-likeness (QED) is 0.180. The van der Waals surface area contributed by atoms with Gasteiger partial charge in [0.2, 0.25) is 0 Å². The Hall–Kier alpha value is -4.27. The second-order valence-electron chi connectivity index (χ2n) is 15.3. The molecule has 0 aliphatic rings. The minimum absolute atomic E-state index is 0. The van der Waals surface area contributed by atoms with Crippen LogP contribution in [0.15, 0.2) is 103 Å². The average Bonchev–Trinajstić information content (AvgIpc) is 3.38. The van der Waals surface area contributed by atoms with Crippen LogP contribution in [-0.4, -0.2) is 19.6 Å². The Kier molecular flexibility index (Phi) is 8.41. The first kappa shape index (κ1) is 33.6. The van der Waals surface area contributed by atoms with E-state index >= 15 is 0 Å². The van der Waals surface area contributed by atoms with E-state index in [1.54, 1.807) is 6.07 Å². The van der Waals surface area contributed by atoms with Crippen LogP contribution in [0.2, 0.25) is 0 Å². The van der Waals surface area contributed by atoms with Gasteiger partial charge >= 0.3 is 0 Å². The van der Waals surface area contributed by atoms with Crippen molar-refractivity contribution >= 4 is 32.7 Å². The monoisotopic (exact) mass is 811 g/mol. The molecule has 4 nitrogen and oxygen atoms in total. The van der Waals surface area contributed by atoms with E-state index in [9.17, 15) is 5.11 Å². The summed E-state index contributed by atoms with van der Waals surface area (Å²) in [6.07, 6.45) is 1.91. The Morgan fingerprint density at radius 2 is 1.35 bits per heavy atom. The molecule has 0 fully saturated rings. The number of phenols is 1. The normalized spacial score (nSPS) is 12.5. The number of para-hydroxylation sites is 1. The molecule has 3 aromatic heterocycles. The zero-order valence-corrected chi connectivity index (χ0v) is 31.2. The Labute approximate surface area is 298 Å². The Balaban J connectivity index is 0.00000401. The van der Waals surface area contributed by atoms with Crippen molar-refractivity contribution in [3.8, 4) is 22.7 Å². The van der Waals surface area contributed by atoms with Gasteiger partial charge in [0.15, 0.2) is 0 Å². The zero-order chi connectivity index (χ0) is 33.3. The van der Waals surface area contributed by atoms with E-state index < -0.39 is 5.41 Å². The summed E-state index contributed by atoms with van der Waals surface area (Å²) in [6, 6.07) is 37.6. The Morgan fingerprint density at radius 3 is 2.06 bits per heavy atom. The van der Waals surface area contributed by atoms with Crippen LogP contribution in [0.25, 0.3) is 49.7 Å². The number of aromatic nitrogens is 3. The first-order chi connectivity index (χ1) is 22.2. The number of aromatic hydroxyl groups is 1. The first-order valence-electron chi connectivity index (χ1n) is 16.4. The predicted octanol–water partition coefficient (Wildman–Crippen LogP) is 10.8. The van der Waals surface area contributed by atoms with Crippen molar-refractivity contribution in [3.63, 3.8) is 0 Å². The number of benzene rings is 4. The molecule has 0 saturated carbocycles. The van der Waals surface area contributed by atoms with E-state index in [4.69, 9.17) is 9.97 Å². The number of rotatable bonds is 4. The van der Waals surface area contributed by atoms with Crippen LogP contribution < -0.4 is 0 Å². The molecule has 0 amide bonds. The maximum Gasteiger partial charge on any atom is 0.141 e. The van der Waals surface area contributed by atoms with Crippen molar-refractivity contribution < 1.29 is 26.2 Å². The van der Waals surface area contributed by atoms with Crippen molar-refractivity contribution in [1.82, 2.24) is 14.5 Å². The average molecular weight is 812 g/mol. The molecule has 0 aliphatic carbocycles. The van der Waals surface area contributed by atoms with Gasteiger partial charge in [-0.3, -0.25) is 0 Å². The predicted molar refractivity (Wildman–Crippen MR) is 196 cm³/mol. The molecule has 7 rings (SSSR count). The van der Waals surface area contributed by atoms with Crippen LogP contribution >= 0.6 is 0 Å². The summed E-state index contributed by atoms with van der Waals surface area (Å²) in [5.41, 5.74) is 8.83. The summed E-state index contributed by atoms with van der Waals surface area (Å²) in [4.78, 5) is 9.96. The van der Waals surface area contributed by atoms with Gasteiger partial charge in [-0.05, 0) is 74.9 Å². The summed E-state index contributed by atoms with van der Waals surface area (Å²) in [6.45, 7) is 17.7. The fourth-order valence-corrected chi connectivity index (χ4v) is 6.59. The molecule has 7 aromatic rings. The first-order valence-corrected chi connectivity index (χ1v) is 16.4. The van der Waals surface area contributed by atoms with Crippen LogP contribution in [0, 0.1) is 6.07 Å². The molecular formula is C43H42N3OPt-. The van der Waals surface area contributed by atoms with Gasteiger partial charge in [-0.1, -0.05) is 109 Å². The summed E-state index contributed by atoms with van der Waals surface area (Å²) in [5.74, 6) is 1.06. The number of pyridine rings is 2. The molecule has 3 heterocycles. The van der Waals surface area contributed by atoms with E-state index in [2.05, 4.69) is 151 Å². The van der Waals surface area contributed by atoms with Gasteiger partial charge < -0.3 is 9.67 Å². The fraction of sp³-hybridized carbons (Fsp3) is 0.256. The molecule has 0 aliphatic heterocycles. The third-order valence-corrected chi connectivity index (χ3v) is 9.64. The summed E-state index contributed by atoms with van der Waals surface area (Å²) in [5, 5.41) is 14.3. The van der Waals surface area contributed by atoms with Crippen LogP contribution in [0.3, 0.4) is 0 Å². The molecule has 0 saturated heterocycles. The maximum atomic E-state index is 11.0. The molecule has 1 N–H and O–H groups in total. The van der Waals surface area contributed by atoms with Gasteiger partial charge in [0, 0.05) is 49.3 Å². The third-order valence-electron chi connectivity index (χ3n) is 9.64. The number of phenolic OH excluding ortho intramolecular Hbond substituents is 1. The molecule has 4 aromatic carbocycles. The standard InChI is InChI=1S/C43H42N3O.Pt/c1-41(2,3)28-15-13-27(14-16-28)31-19-21-37(47)40-34(31)20-22-38(45-40)43(7,8)30-17-18-33-32-11-9-10-12-35(32)46(36(33)25-30)39-26-29(23-24-44-39)42(4,5)6;/h9-24,26,47H,1-8H3;/q-1;. The number of fused-ring (bicyclic) bond motifs is 4.